The number of aliphatic hydroxyl groups is 8. The molecule has 1 amide bonds. The van der Waals surface area contributed by atoms with E-state index in [1.54, 1.807) is 6.08 Å². The van der Waals surface area contributed by atoms with Crippen molar-refractivity contribution >= 4 is 5.91 Å². The summed E-state index contributed by atoms with van der Waals surface area (Å²) in [7, 11) is 0. The molecular formula is C71H121NO13. The zero-order chi connectivity index (χ0) is 61.6. The van der Waals surface area contributed by atoms with E-state index in [2.05, 4.69) is 116 Å². The van der Waals surface area contributed by atoms with Gasteiger partial charge in [0.15, 0.2) is 12.6 Å². The van der Waals surface area contributed by atoms with Crippen molar-refractivity contribution in [2.24, 2.45) is 0 Å². The number of hydrogen-bond acceptors (Lipinski definition) is 13. The summed E-state index contributed by atoms with van der Waals surface area (Å²) in [6, 6.07) is -0.952. The van der Waals surface area contributed by atoms with Crippen LogP contribution in [0.3, 0.4) is 0 Å². The summed E-state index contributed by atoms with van der Waals surface area (Å²) in [5, 5.41) is 87.3. The Bertz CT molecular complexity index is 1840. The van der Waals surface area contributed by atoms with Crippen LogP contribution in [0.1, 0.15) is 239 Å². The van der Waals surface area contributed by atoms with Crippen LogP contribution in [0.4, 0.5) is 0 Å². The van der Waals surface area contributed by atoms with E-state index < -0.39 is 86.8 Å². The van der Waals surface area contributed by atoms with Crippen LogP contribution in [0.2, 0.25) is 0 Å². The lowest BCUT2D eigenvalue weighted by atomic mass is 9.97. The second-order valence-corrected chi connectivity index (χ2v) is 23.2. The van der Waals surface area contributed by atoms with Crippen LogP contribution in [-0.2, 0) is 23.7 Å². The minimum Gasteiger partial charge on any atom is -0.394 e. The fourth-order valence-corrected chi connectivity index (χ4v) is 10.3. The lowest BCUT2D eigenvalue weighted by Crippen LogP contribution is -2.65. The van der Waals surface area contributed by atoms with Gasteiger partial charge in [0.1, 0.15) is 48.8 Å². The first kappa shape index (κ1) is 77.7. The number of nitrogens with one attached hydrogen (secondary N) is 1. The van der Waals surface area contributed by atoms with Crippen LogP contribution in [-0.4, -0.2) is 140 Å². The molecule has 0 aromatic rings. The highest BCUT2D eigenvalue weighted by atomic mass is 16.7. The fourth-order valence-electron chi connectivity index (χ4n) is 10.3. The van der Waals surface area contributed by atoms with Crippen molar-refractivity contribution in [3.05, 3.63) is 109 Å². The molecule has 2 fully saturated rings. The Balaban J connectivity index is 1.75. The van der Waals surface area contributed by atoms with Crippen LogP contribution in [0.25, 0.3) is 0 Å². The molecule has 0 spiro atoms. The third-order valence-electron chi connectivity index (χ3n) is 15.7. The first-order valence-corrected chi connectivity index (χ1v) is 33.6. The van der Waals surface area contributed by atoms with Gasteiger partial charge in [0.2, 0.25) is 5.91 Å². The number of ether oxygens (including phenoxy) is 4. The van der Waals surface area contributed by atoms with Gasteiger partial charge in [0.05, 0.1) is 32.0 Å². The second kappa shape index (κ2) is 54.8. The van der Waals surface area contributed by atoms with Crippen molar-refractivity contribution in [1.29, 1.82) is 0 Å². The first-order valence-electron chi connectivity index (χ1n) is 33.6. The van der Waals surface area contributed by atoms with E-state index >= 15 is 0 Å². The van der Waals surface area contributed by atoms with Gasteiger partial charge in [-0.15, -0.1) is 0 Å². The number of amides is 1. The topological polar surface area (TPSA) is 228 Å². The molecule has 14 nitrogen and oxygen atoms in total. The van der Waals surface area contributed by atoms with Crippen molar-refractivity contribution in [3.8, 4) is 0 Å². The normalized spacial score (nSPS) is 24.3. The molecule has 2 saturated heterocycles. The summed E-state index contributed by atoms with van der Waals surface area (Å²) in [6.07, 6.45) is 61.3. The molecule has 14 heteroatoms. The van der Waals surface area contributed by atoms with E-state index in [4.69, 9.17) is 18.9 Å². The first-order chi connectivity index (χ1) is 41.6. The third-order valence-corrected chi connectivity index (χ3v) is 15.7. The Kier molecular flexibility index (Phi) is 50.1. The largest absolute Gasteiger partial charge is 0.394 e. The number of aliphatic hydroxyl groups excluding tert-OH is 8. The maximum absolute atomic E-state index is 13.3. The van der Waals surface area contributed by atoms with Gasteiger partial charge >= 0.3 is 0 Å². The third kappa shape index (κ3) is 39.3. The molecule has 0 aromatic heterocycles. The SMILES string of the molecule is CC/C=C\C/C=C\C/C=C\C/C=C\C/C=C\C/C=C\C/C=C\CCCCCCCC(=O)NC(COC1OC(CO)C(OC2OC(CO)C(O)C(O)C2O)C(O)C1O)C(O)/C=C/CC/C=C/CCCCCCCCCCCCCCCCCCCC. The average molecular weight is 1200 g/mol. The van der Waals surface area contributed by atoms with E-state index in [0.717, 1.165) is 89.9 Å². The summed E-state index contributed by atoms with van der Waals surface area (Å²) in [4.78, 5) is 13.3. The Morgan fingerprint density at radius 3 is 1.29 bits per heavy atom. The van der Waals surface area contributed by atoms with Crippen molar-refractivity contribution in [2.75, 3.05) is 19.8 Å². The van der Waals surface area contributed by atoms with E-state index in [9.17, 15) is 45.6 Å². The molecule has 0 saturated carbocycles. The molecule has 0 bridgehead atoms. The average Bonchev–Trinajstić information content (AvgIpc) is 3.68. The van der Waals surface area contributed by atoms with Crippen molar-refractivity contribution < 1.29 is 64.6 Å². The number of rotatable bonds is 53. The van der Waals surface area contributed by atoms with E-state index in [0.29, 0.717) is 12.8 Å². The number of carbonyl (C=O) groups excluding carboxylic acids is 1. The Morgan fingerprint density at radius 2 is 0.824 bits per heavy atom. The molecule has 9 N–H and O–H groups in total. The molecule has 0 aliphatic carbocycles. The molecule has 12 atom stereocenters. The fraction of sp³-hybridized carbons (Fsp3) is 0.732. The second-order valence-electron chi connectivity index (χ2n) is 23.2. The van der Waals surface area contributed by atoms with Crippen LogP contribution in [0.15, 0.2) is 109 Å². The van der Waals surface area contributed by atoms with Gasteiger partial charge in [-0.2, -0.15) is 0 Å². The highest BCUT2D eigenvalue weighted by Gasteiger charge is 2.51. The molecule has 85 heavy (non-hydrogen) atoms. The number of unbranched alkanes of at least 4 members (excludes halogenated alkanes) is 24. The summed E-state index contributed by atoms with van der Waals surface area (Å²) in [5.41, 5.74) is 0. The van der Waals surface area contributed by atoms with Gasteiger partial charge in [-0.3, -0.25) is 4.79 Å². The van der Waals surface area contributed by atoms with Gasteiger partial charge in [-0.25, -0.2) is 0 Å². The van der Waals surface area contributed by atoms with Crippen LogP contribution in [0, 0.1) is 0 Å². The Labute approximate surface area is 515 Å². The molecule has 12 unspecified atom stereocenters. The zero-order valence-electron chi connectivity index (χ0n) is 52.8. The van der Waals surface area contributed by atoms with Crippen LogP contribution in [0.5, 0.6) is 0 Å². The minimum atomic E-state index is -1.80. The summed E-state index contributed by atoms with van der Waals surface area (Å²) >= 11 is 0. The minimum absolute atomic E-state index is 0.244. The summed E-state index contributed by atoms with van der Waals surface area (Å²) in [6.45, 7) is 2.66. The lowest BCUT2D eigenvalue weighted by molar-refractivity contribution is -0.359. The maximum Gasteiger partial charge on any atom is 0.220 e. The van der Waals surface area contributed by atoms with E-state index in [1.165, 1.54) is 116 Å². The summed E-state index contributed by atoms with van der Waals surface area (Å²) in [5.74, 6) is -0.271. The van der Waals surface area contributed by atoms with Crippen LogP contribution < -0.4 is 5.32 Å². The van der Waals surface area contributed by atoms with Gasteiger partial charge < -0.3 is 65.1 Å². The van der Waals surface area contributed by atoms with Crippen molar-refractivity contribution in [1.82, 2.24) is 5.32 Å². The molecule has 0 aromatic carbocycles. The standard InChI is InChI=1S/C71H121NO13/c1-3-5-7-9-11-13-15-17-19-21-23-25-27-29-30-31-33-35-37-39-41-43-45-47-49-51-53-55-63(76)72-59(58-82-70-68(81)66(79)69(62(57-74)84-70)85-71-67(80)65(78)64(77)61(56-73)83-71)60(75)54-52-50-48-46-44-42-40-38-36-34-32-28-26-24-22-20-18-16-14-12-10-8-6-4-2/h5,7,11,13,17,19,23,25,29-30,33,35,39,41,44,46,52,54,59-62,64-71,73-75,77-81H,3-4,6,8-10,12,14-16,18,20-22,24,26-28,31-32,34,36-38,40,42-43,45,47-51,53,55-58H2,1-2H3,(H,72,76)/b7-5-,13-11-,19-17-,25-23-,30-29-,35-33-,41-39-,46-44+,54-52+. The highest BCUT2D eigenvalue weighted by molar-refractivity contribution is 5.76. The van der Waals surface area contributed by atoms with Crippen molar-refractivity contribution in [2.45, 2.75) is 312 Å². The predicted octanol–water partition coefficient (Wildman–Crippen LogP) is 13.2. The molecule has 0 radical (unpaired) electrons. The number of hydrogen-bond donors (Lipinski definition) is 9. The molecule has 2 rings (SSSR count). The Hall–Kier alpha value is -3.35. The highest BCUT2D eigenvalue weighted by Crippen LogP contribution is 2.30. The monoisotopic (exact) mass is 1200 g/mol. The molecule has 2 aliphatic rings. The number of allylic oxidation sites excluding steroid dienone is 17. The molecular weight excluding hydrogens is 1070 g/mol. The van der Waals surface area contributed by atoms with Gasteiger partial charge in [0.25, 0.3) is 0 Å². The van der Waals surface area contributed by atoms with E-state index in [-0.39, 0.29) is 18.9 Å². The lowest BCUT2D eigenvalue weighted by Gasteiger charge is -2.46. The number of carbonyl (C=O) groups is 1. The Morgan fingerprint density at radius 1 is 0.435 bits per heavy atom. The zero-order valence-corrected chi connectivity index (χ0v) is 52.8. The molecule has 2 heterocycles. The quantitative estimate of drug-likeness (QED) is 0.0204. The van der Waals surface area contributed by atoms with Crippen molar-refractivity contribution in [3.63, 3.8) is 0 Å². The van der Waals surface area contributed by atoms with Gasteiger partial charge in [0, 0.05) is 6.42 Å². The molecule has 488 valence electrons. The maximum atomic E-state index is 13.3. The molecule has 2 aliphatic heterocycles. The smallest absolute Gasteiger partial charge is 0.220 e. The summed E-state index contributed by atoms with van der Waals surface area (Å²) < 4.78 is 22.8. The van der Waals surface area contributed by atoms with Crippen LogP contribution >= 0.6 is 0 Å². The predicted molar refractivity (Wildman–Crippen MR) is 345 cm³/mol. The van der Waals surface area contributed by atoms with Gasteiger partial charge in [-0.1, -0.05) is 252 Å². The van der Waals surface area contributed by atoms with Gasteiger partial charge in [-0.05, 0) is 89.9 Å². The van der Waals surface area contributed by atoms with E-state index in [1.807, 2.05) is 6.08 Å².